The van der Waals surface area contributed by atoms with E-state index in [1.165, 1.54) is 10.5 Å². The molecule has 3 aromatic rings. The Morgan fingerprint density at radius 2 is 1.93 bits per heavy atom. The van der Waals surface area contributed by atoms with Crippen molar-refractivity contribution >= 4 is 10.0 Å². The van der Waals surface area contributed by atoms with E-state index < -0.39 is 16.1 Å². The Balaban J connectivity index is 1.79. The first kappa shape index (κ1) is 17.9. The lowest BCUT2D eigenvalue weighted by Gasteiger charge is -2.36. The molecule has 8 nitrogen and oxygen atoms in total. The van der Waals surface area contributed by atoms with Crippen molar-refractivity contribution in [2.45, 2.75) is 38.3 Å². The van der Waals surface area contributed by atoms with E-state index in [0.29, 0.717) is 24.7 Å². The fourth-order valence-electron chi connectivity index (χ4n) is 3.47. The van der Waals surface area contributed by atoms with Gasteiger partial charge in [0.25, 0.3) is 0 Å². The predicted molar refractivity (Wildman–Crippen MR) is 98.2 cm³/mol. The Morgan fingerprint density at radius 1 is 1.19 bits per heavy atom. The largest absolute Gasteiger partial charge is 0.360 e. The molecule has 0 unspecified atom stereocenters. The van der Waals surface area contributed by atoms with Gasteiger partial charge in [-0.05, 0) is 12.8 Å². The molecule has 0 bridgehead atoms. The first-order chi connectivity index (χ1) is 12.9. The molecule has 0 aliphatic carbocycles. The van der Waals surface area contributed by atoms with Crippen molar-refractivity contribution in [2.75, 3.05) is 6.54 Å². The molecule has 0 fully saturated rings. The Labute approximate surface area is 157 Å². The zero-order chi connectivity index (χ0) is 19.2. The van der Waals surface area contributed by atoms with Crippen LogP contribution in [0.25, 0.3) is 11.4 Å². The topological polar surface area (TPSA) is 94.1 Å². The molecule has 0 saturated heterocycles. The minimum absolute atomic E-state index is 0.0202. The van der Waals surface area contributed by atoms with Crippen LogP contribution in [0.3, 0.4) is 0 Å². The van der Waals surface area contributed by atoms with Crippen LogP contribution in [0, 0.1) is 12.8 Å². The minimum atomic E-state index is -3.75. The van der Waals surface area contributed by atoms with E-state index in [9.17, 15) is 8.42 Å². The number of sulfonamides is 1. The Bertz CT molecular complexity index is 1060. The van der Waals surface area contributed by atoms with Crippen molar-refractivity contribution < 1.29 is 12.9 Å². The maximum atomic E-state index is 13.2. The van der Waals surface area contributed by atoms with Crippen LogP contribution < -0.4 is 0 Å². The number of hydrogen-bond acceptors (Lipinski definition) is 6. The lowest BCUT2D eigenvalue weighted by molar-refractivity contribution is 0.201. The molecule has 142 valence electrons. The number of nitrogens with zero attached hydrogens (tertiary/aromatic N) is 5. The van der Waals surface area contributed by atoms with Gasteiger partial charge in [0.15, 0.2) is 11.6 Å². The lowest BCUT2D eigenvalue weighted by Crippen LogP contribution is -2.44. The molecule has 1 aliphatic heterocycles. The van der Waals surface area contributed by atoms with E-state index in [0.717, 1.165) is 5.56 Å². The summed E-state index contributed by atoms with van der Waals surface area (Å²) in [5.41, 5.74) is 0.909. The van der Waals surface area contributed by atoms with E-state index in [1.54, 1.807) is 6.92 Å². The van der Waals surface area contributed by atoms with Gasteiger partial charge in [0.1, 0.15) is 10.7 Å². The highest BCUT2D eigenvalue weighted by Gasteiger charge is 2.41. The molecule has 0 radical (unpaired) electrons. The third-order valence-corrected chi connectivity index (χ3v) is 6.74. The summed E-state index contributed by atoms with van der Waals surface area (Å²) in [5.74, 6) is 1.57. The third-order valence-electron chi connectivity index (χ3n) is 4.76. The van der Waals surface area contributed by atoms with Crippen LogP contribution in [0.1, 0.15) is 31.5 Å². The third kappa shape index (κ3) is 2.96. The Kier molecular flexibility index (Phi) is 4.35. The summed E-state index contributed by atoms with van der Waals surface area (Å²) >= 11 is 0. The quantitative estimate of drug-likeness (QED) is 0.683. The molecule has 1 aromatic carbocycles. The van der Waals surface area contributed by atoms with Crippen LogP contribution in [0.4, 0.5) is 0 Å². The van der Waals surface area contributed by atoms with E-state index in [1.807, 2.05) is 48.9 Å². The first-order valence-electron chi connectivity index (χ1n) is 8.83. The van der Waals surface area contributed by atoms with Crippen molar-refractivity contribution in [1.82, 2.24) is 24.2 Å². The Morgan fingerprint density at radius 3 is 2.56 bits per heavy atom. The van der Waals surface area contributed by atoms with Gasteiger partial charge in [0.2, 0.25) is 10.0 Å². The number of fused-ring (bicyclic) bond motifs is 1. The van der Waals surface area contributed by atoms with Gasteiger partial charge in [-0.2, -0.15) is 9.40 Å². The Hall–Kier alpha value is -2.52. The molecule has 1 aliphatic rings. The van der Waals surface area contributed by atoms with Crippen LogP contribution in [-0.4, -0.2) is 39.2 Å². The molecule has 0 spiro atoms. The van der Waals surface area contributed by atoms with E-state index >= 15 is 0 Å². The molecule has 0 saturated carbocycles. The second kappa shape index (κ2) is 6.58. The van der Waals surface area contributed by atoms with Crippen molar-refractivity contribution in [3.05, 3.63) is 48.1 Å². The number of hydrogen-bond donors (Lipinski definition) is 0. The van der Waals surface area contributed by atoms with E-state index in [-0.39, 0.29) is 16.6 Å². The summed E-state index contributed by atoms with van der Waals surface area (Å²) in [6.45, 7) is 6.34. The molecule has 0 amide bonds. The van der Waals surface area contributed by atoms with Gasteiger partial charge in [-0.3, -0.25) is 0 Å². The van der Waals surface area contributed by atoms with Gasteiger partial charge in [0, 0.05) is 12.1 Å². The van der Waals surface area contributed by atoms with Crippen molar-refractivity contribution in [3.8, 4) is 11.4 Å². The molecule has 27 heavy (non-hydrogen) atoms. The summed E-state index contributed by atoms with van der Waals surface area (Å²) in [6.07, 6.45) is 1.26. The van der Waals surface area contributed by atoms with Crippen molar-refractivity contribution in [2.24, 2.45) is 5.92 Å². The van der Waals surface area contributed by atoms with Gasteiger partial charge in [0.05, 0.1) is 18.8 Å². The summed E-state index contributed by atoms with van der Waals surface area (Å²) < 4.78 is 34.8. The van der Waals surface area contributed by atoms with Gasteiger partial charge in [-0.1, -0.05) is 49.3 Å². The normalized spacial score (nSPS) is 18.0. The molecule has 1 atom stereocenters. The van der Waals surface area contributed by atoms with Crippen LogP contribution in [0.15, 0.2) is 45.9 Å². The van der Waals surface area contributed by atoms with Gasteiger partial charge < -0.3 is 4.52 Å². The van der Waals surface area contributed by atoms with E-state index in [4.69, 9.17) is 9.51 Å². The first-order valence-corrected chi connectivity index (χ1v) is 10.3. The maximum Gasteiger partial charge on any atom is 0.248 e. The summed E-state index contributed by atoms with van der Waals surface area (Å²) in [7, 11) is -3.75. The average molecular weight is 387 g/mol. The molecule has 2 aromatic heterocycles. The summed E-state index contributed by atoms with van der Waals surface area (Å²) in [5, 5.41) is 8.23. The standard InChI is InChI=1S/C18H21N5O3S/c1-12(2)16-18-20-17(14-7-5-4-6-8-14)21-22(18)9-10-23(16)27(24,25)15-11-19-26-13(15)3/h4-8,11-12,16H,9-10H2,1-3H3/t16-/m0/s1. The van der Waals surface area contributed by atoms with Gasteiger partial charge >= 0.3 is 0 Å². The van der Waals surface area contributed by atoms with Crippen molar-refractivity contribution in [1.29, 1.82) is 0 Å². The molecular weight excluding hydrogens is 366 g/mol. The minimum Gasteiger partial charge on any atom is -0.360 e. The van der Waals surface area contributed by atoms with Gasteiger partial charge in [-0.15, -0.1) is 0 Å². The zero-order valence-corrected chi connectivity index (χ0v) is 16.2. The van der Waals surface area contributed by atoms with Gasteiger partial charge in [-0.25, -0.2) is 18.1 Å². The average Bonchev–Trinajstić information content (AvgIpc) is 3.27. The van der Waals surface area contributed by atoms with Crippen LogP contribution in [0.5, 0.6) is 0 Å². The number of benzene rings is 1. The molecule has 3 heterocycles. The molecular formula is C18H21N5O3S. The monoisotopic (exact) mass is 387 g/mol. The lowest BCUT2D eigenvalue weighted by atomic mass is 10.0. The van der Waals surface area contributed by atoms with Crippen LogP contribution in [0.2, 0.25) is 0 Å². The van der Waals surface area contributed by atoms with E-state index in [2.05, 4.69) is 10.3 Å². The fourth-order valence-corrected chi connectivity index (χ4v) is 5.26. The summed E-state index contributed by atoms with van der Waals surface area (Å²) in [6, 6.07) is 9.28. The highest BCUT2D eigenvalue weighted by Crippen LogP contribution is 2.36. The molecule has 9 heteroatoms. The summed E-state index contributed by atoms with van der Waals surface area (Å²) in [4.78, 5) is 4.80. The SMILES string of the molecule is Cc1oncc1S(=O)(=O)N1CCn2nc(-c3ccccc3)nc2[C@@H]1C(C)C. The zero-order valence-electron chi connectivity index (χ0n) is 15.4. The number of rotatable bonds is 4. The van der Waals surface area contributed by atoms with Crippen LogP contribution >= 0.6 is 0 Å². The predicted octanol–water partition coefficient (Wildman–Crippen LogP) is 2.64. The highest BCUT2D eigenvalue weighted by atomic mass is 32.2. The number of aromatic nitrogens is 4. The second-order valence-corrected chi connectivity index (χ2v) is 8.79. The molecule has 0 N–H and O–H groups in total. The maximum absolute atomic E-state index is 13.2. The second-order valence-electron chi connectivity index (χ2n) is 6.93. The van der Waals surface area contributed by atoms with Crippen molar-refractivity contribution in [3.63, 3.8) is 0 Å². The smallest absolute Gasteiger partial charge is 0.248 e. The fraction of sp³-hybridized carbons (Fsp3) is 0.389. The number of aryl methyl sites for hydroxylation is 1. The molecule has 4 rings (SSSR count). The van der Waals surface area contributed by atoms with Crippen LogP contribution in [-0.2, 0) is 16.6 Å². The highest BCUT2D eigenvalue weighted by molar-refractivity contribution is 7.89.